The zero-order valence-electron chi connectivity index (χ0n) is 16.4. The van der Waals surface area contributed by atoms with Gasteiger partial charge in [0.25, 0.3) is 5.91 Å². The number of ketones is 1. The maximum absolute atomic E-state index is 13.0. The van der Waals surface area contributed by atoms with Crippen LogP contribution in [0, 0.1) is 0 Å². The van der Waals surface area contributed by atoms with E-state index in [0.717, 1.165) is 0 Å². The molecule has 1 fully saturated rings. The number of Topliss-reactive ketones (excluding diaryl/α,β-unsaturated/α-hetero) is 1. The van der Waals surface area contributed by atoms with E-state index in [9.17, 15) is 9.59 Å². The second kappa shape index (κ2) is 7.59. The summed E-state index contributed by atoms with van der Waals surface area (Å²) in [6.45, 7) is 0.974. The zero-order valence-corrected chi connectivity index (χ0v) is 17.1. The fraction of sp³-hybridized carbons (Fsp3) is 0.364. The van der Waals surface area contributed by atoms with Crippen molar-refractivity contribution in [3.8, 4) is 17.2 Å². The average molecular weight is 416 g/mol. The number of carbonyl (C=O) groups is 2. The number of ether oxygens (including phenoxy) is 3. The van der Waals surface area contributed by atoms with Gasteiger partial charge >= 0.3 is 0 Å². The van der Waals surface area contributed by atoms with Crippen LogP contribution in [0.1, 0.15) is 40.0 Å². The molecule has 0 radical (unpaired) electrons. The quantitative estimate of drug-likeness (QED) is 0.758. The molecule has 1 saturated heterocycles. The minimum absolute atomic E-state index is 0.0604. The van der Waals surface area contributed by atoms with Crippen LogP contribution in [-0.4, -0.2) is 49.5 Å². The van der Waals surface area contributed by atoms with Crippen LogP contribution < -0.4 is 14.2 Å². The number of halogens is 1. The summed E-state index contributed by atoms with van der Waals surface area (Å²) in [6, 6.07) is 10.3. The summed E-state index contributed by atoms with van der Waals surface area (Å²) < 4.78 is 16.8. The lowest BCUT2D eigenvalue weighted by Crippen LogP contribution is -2.52. The van der Waals surface area contributed by atoms with Gasteiger partial charge in [-0.25, -0.2) is 0 Å². The Kier molecular flexibility index (Phi) is 5.13. The van der Waals surface area contributed by atoms with Crippen molar-refractivity contribution in [2.24, 2.45) is 0 Å². The first-order valence-corrected chi connectivity index (χ1v) is 9.85. The molecule has 2 aliphatic heterocycles. The largest absolute Gasteiger partial charge is 0.497 e. The topological polar surface area (TPSA) is 65.1 Å². The number of fused-ring (bicyclic) bond motifs is 1. The normalized spacial score (nSPS) is 17.5. The standard InChI is InChI=1S/C22H22ClNO5/c1-27-15-4-5-16-18(25)13-22(29-20(16)12-15)7-9-24(10-8-22)21(26)17-11-14(23)3-6-19(17)28-2/h3-6,11-12H,7-10,13H2,1-2H3. The van der Waals surface area contributed by atoms with Crippen molar-refractivity contribution in [2.75, 3.05) is 27.3 Å². The molecule has 0 aromatic heterocycles. The average Bonchev–Trinajstić information content (AvgIpc) is 2.73. The molecule has 0 N–H and O–H groups in total. The molecule has 2 aromatic rings. The van der Waals surface area contributed by atoms with Crippen LogP contribution in [0.2, 0.25) is 5.02 Å². The SMILES string of the molecule is COc1ccc2c(c1)OC1(CCN(C(=O)c3cc(Cl)ccc3OC)CC1)CC2=O. The van der Waals surface area contributed by atoms with Gasteiger partial charge in [-0.05, 0) is 30.3 Å². The Morgan fingerprint density at radius 3 is 2.55 bits per heavy atom. The lowest BCUT2D eigenvalue weighted by molar-refractivity contribution is -0.00586. The van der Waals surface area contributed by atoms with Gasteiger partial charge in [0.05, 0.1) is 31.8 Å². The van der Waals surface area contributed by atoms with Crippen LogP contribution in [0.5, 0.6) is 17.2 Å². The number of nitrogens with zero attached hydrogens (tertiary/aromatic N) is 1. The number of likely N-dealkylation sites (tertiary alicyclic amines) is 1. The van der Waals surface area contributed by atoms with Gasteiger partial charge in [-0.1, -0.05) is 11.6 Å². The van der Waals surface area contributed by atoms with Gasteiger partial charge in [-0.3, -0.25) is 9.59 Å². The van der Waals surface area contributed by atoms with Crippen molar-refractivity contribution in [3.63, 3.8) is 0 Å². The maximum atomic E-state index is 13.0. The van der Waals surface area contributed by atoms with Gasteiger partial charge in [0.15, 0.2) is 5.78 Å². The maximum Gasteiger partial charge on any atom is 0.257 e. The van der Waals surface area contributed by atoms with E-state index in [1.165, 1.54) is 7.11 Å². The summed E-state index contributed by atoms with van der Waals surface area (Å²) >= 11 is 6.07. The molecule has 2 aromatic carbocycles. The smallest absolute Gasteiger partial charge is 0.257 e. The number of rotatable bonds is 3. The summed E-state index contributed by atoms with van der Waals surface area (Å²) in [4.78, 5) is 27.5. The first-order valence-electron chi connectivity index (χ1n) is 9.48. The number of carbonyl (C=O) groups excluding carboxylic acids is 2. The Balaban J connectivity index is 1.51. The van der Waals surface area contributed by atoms with E-state index in [4.69, 9.17) is 25.8 Å². The van der Waals surface area contributed by atoms with Crippen LogP contribution in [0.15, 0.2) is 36.4 Å². The second-order valence-corrected chi connectivity index (χ2v) is 7.82. The molecule has 0 aliphatic carbocycles. The minimum Gasteiger partial charge on any atom is -0.497 e. The zero-order chi connectivity index (χ0) is 20.6. The van der Waals surface area contributed by atoms with E-state index in [1.54, 1.807) is 48.4 Å². The number of piperidine rings is 1. The molecule has 4 rings (SSSR count). The molecule has 29 heavy (non-hydrogen) atoms. The van der Waals surface area contributed by atoms with Crippen molar-refractivity contribution in [2.45, 2.75) is 24.9 Å². The molecule has 152 valence electrons. The van der Waals surface area contributed by atoms with E-state index in [1.807, 2.05) is 0 Å². The summed E-state index contributed by atoms with van der Waals surface area (Å²) in [5.41, 5.74) is 0.427. The summed E-state index contributed by atoms with van der Waals surface area (Å²) in [7, 11) is 3.11. The summed E-state index contributed by atoms with van der Waals surface area (Å²) in [5.74, 6) is 1.62. The molecule has 1 amide bonds. The Morgan fingerprint density at radius 2 is 1.86 bits per heavy atom. The molecule has 0 bridgehead atoms. The molecular weight excluding hydrogens is 394 g/mol. The highest BCUT2D eigenvalue weighted by Crippen LogP contribution is 2.41. The first-order chi connectivity index (χ1) is 13.9. The summed E-state index contributed by atoms with van der Waals surface area (Å²) in [5, 5.41) is 0.481. The van der Waals surface area contributed by atoms with Gasteiger partial charge in [-0.15, -0.1) is 0 Å². The van der Waals surface area contributed by atoms with Gasteiger partial charge in [0.2, 0.25) is 0 Å². The highest BCUT2D eigenvalue weighted by atomic mass is 35.5. The number of hydrogen-bond donors (Lipinski definition) is 0. The van der Waals surface area contributed by atoms with Crippen LogP contribution in [0.3, 0.4) is 0 Å². The molecule has 6 nitrogen and oxygen atoms in total. The van der Waals surface area contributed by atoms with E-state index in [0.29, 0.717) is 65.8 Å². The second-order valence-electron chi connectivity index (χ2n) is 7.38. The molecule has 0 atom stereocenters. The number of methoxy groups -OCH3 is 2. The Morgan fingerprint density at radius 1 is 1.10 bits per heavy atom. The van der Waals surface area contributed by atoms with Crippen molar-refractivity contribution < 1.29 is 23.8 Å². The van der Waals surface area contributed by atoms with E-state index in [2.05, 4.69) is 0 Å². The molecule has 0 unspecified atom stereocenters. The van der Waals surface area contributed by atoms with E-state index >= 15 is 0 Å². The van der Waals surface area contributed by atoms with Crippen molar-refractivity contribution >= 4 is 23.3 Å². The third-order valence-corrected chi connectivity index (χ3v) is 5.89. The molecule has 0 saturated carbocycles. The fourth-order valence-electron chi connectivity index (χ4n) is 4.02. The Bertz CT molecular complexity index is 966. The number of amides is 1. The Hall–Kier alpha value is -2.73. The van der Waals surface area contributed by atoms with Crippen molar-refractivity contribution in [1.82, 2.24) is 4.90 Å². The Labute approximate surface area is 174 Å². The lowest BCUT2D eigenvalue weighted by atomic mass is 9.82. The molecule has 2 aliphatic rings. The highest BCUT2D eigenvalue weighted by molar-refractivity contribution is 6.31. The lowest BCUT2D eigenvalue weighted by Gasteiger charge is -2.44. The van der Waals surface area contributed by atoms with Crippen LogP contribution >= 0.6 is 11.6 Å². The van der Waals surface area contributed by atoms with Crippen molar-refractivity contribution in [3.05, 3.63) is 52.5 Å². The third kappa shape index (κ3) is 3.65. The molecular formula is C22H22ClNO5. The van der Waals surface area contributed by atoms with Gasteiger partial charge in [-0.2, -0.15) is 0 Å². The first kappa shape index (κ1) is 19.6. The van der Waals surface area contributed by atoms with Gasteiger partial charge in [0.1, 0.15) is 22.8 Å². The molecule has 2 heterocycles. The summed E-state index contributed by atoms with van der Waals surface area (Å²) in [6.07, 6.45) is 1.46. The fourth-order valence-corrected chi connectivity index (χ4v) is 4.19. The number of hydrogen-bond acceptors (Lipinski definition) is 5. The van der Waals surface area contributed by atoms with E-state index in [-0.39, 0.29) is 11.7 Å². The monoisotopic (exact) mass is 415 g/mol. The van der Waals surface area contributed by atoms with Crippen LogP contribution in [-0.2, 0) is 0 Å². The third-order valence-electron chi connectivity index (χ3n) is 5.65. The van der Waals surface area contributed by atoms with Crippen LogP contribution in [0.4, 0.5) is 0 Å². The van der Waals surface area contributed by atoms with Gasteiger partial charge < -0.3 is 19.1 Å². The predicted molar refractivity (Wildman–Crippen MR) is 108 cm³/mol. The van der Waals surface area contributed by atoms with Gasteiger partial charge in [0, 0.05) is 37.0 Å². The number of benzene rings is 2. The predicted octanol–water partition coefficient (Wildman–Crippen LogP) is 4.00. The minimum atomic E-state index is -0.592. The molecule has 7 heteroatoms. The van der Waals surface area contributed by atoms with E-state index < -0.39 is 5.60 Å². The highest BCUT2D eigenvalue weighted by Gasteiger charge is 2.44. The van der Waals surface area contributed by atoms with Crippen molar-refractivity contribution in [1.29, 1.82) is 0 Å². The molecule has 1 spiro atoms. The van der Waals surface area contributed by atoms with Crippen LogP contribution in [0.25, 0.3) is 0 Å².